The molecule has 120 valence electrons. The Bertz CT molecular complexity index is 977. The van der Waals surface area contributed by atoms with E-state index in [0.29, 0.717) is 22.3 Å². The van der Waals surface area contributed by atoms with Gasteiger partial charge in [-0.05, 0) is 36.4 Å². The quantitative estimate of drug-likeness (QED) is 0.751. The summed E-state index contributed by atoms with van der Waals surface area (Å²) in [5, 5.41) is 2.68. The topological polar surface area (TPSA) is 107 Å². The van der Waals surface area contributed by atoms with Gasteiger partial charge in [0.15, 0.2) is 0 Å². The van der Waals surface area contributed by atoms with Crippen LogP contribution in [0.4, 0.5) is 5.69 Å². The summed E-state index contributed by atoms with van der Waals surface area (Å²) in [5.41, 5.74) is 6.90. The van der Waals surface area contributed by atoms with Crippen molar-refractivity contribution >= 4 is 28.5 Å². The number of nitrogens with two attached hydrogens (primary N) is 1. The first-order valence-electron chi connectivity index (χ1n) is 7.19. The molecule has 0 saturated heterocycles. The van der Waals surface area contributed by atoms with Crippen molar-refractivity contribution in [3.05, 3.63) is 70.6 Å². The van der Waals surface area contributed by atoms with Crippen LogP contribution in [0.15, 0.2) is 59.5 Å². The zero-order valence-electron chi connectivity index (χ0n) is 12.6. The van der Waals surface area contributed by atoms with Gasteiger partial charge in [0.1, 0.15) is 6.54 Å². The Balaban J connectivity index is 1.81. The molecule has 0 aliphatic rings. The van der Waals surface area contributed by atoms with Gasteiger partial charge in [0, 0.05) is 11.3 Å². The Kier molecular flexibility index (Phi) is 4.07. The van der Waals surface area contributed by atoms with Gasteiger partial charge in [0.2, 0.25) is 11.8 Å². The van der Waals surface area contributed by atoms with E-state index in [9.17, 15) is 14.4 Å². The highest BCUT2D eigenvalue weighted by Crippen LogP contribution is 2.11. The van der Waals surface area contributed by atoms with Gasteiger partial charge >= 0.3 is 0 Å². The van der Waals surface area contributed by atoms with E-state index in [4.69, 9.17) is 5.73 Å². The SMILES string of the molecule is NC(=O)c1ccc(NC(=O)Cn2c(=O)cnc3ccccc32)cc1. The number of benzene rings is 2. The van der Waals surface area contributed by atoms with Crippen molar-refractivity contribution in [2.24, 2.45) is 5.73 Å². The lowest BCUT2D eigenvalue weighted by Crippen LogP contribution is -2.28. The maximum Gasteiger partial charge on any atom is 0.269 e. The molecule has 0 radical (unpaired) electrons. The second kappa shape index (κ2) is 6.33. The Hall–Kier alpha value is -3.48. The number of carbonyl (C=O) groups excluding carboxylic acids is 2. The van der Waals surface area contributed by atoms with Crippen molar-refractivity contribution < 1.29 is 9.59 Å². The smallest absolute Gasteiger partial charge is 0.269 e. The Morgan fingerprint density at radius 2 is 1.79 bits per heavy atom. The zero-order chi connectivity index (χ0) is 17.1. The molecule has 3 rings (SSSR count). The van der Waals surface area contributed by atoms with Crippen LogP contribution in [0.3, 0.4) is 0 Å². The number of fused-ring (bicyclic) bond motifs is 1. The van der Waals surface area contributed by atoms with Crippen molar-refractivity contribution in [3.63, 3.8) is 0 Å². The van der Waals surface area contributed by atoms with Crippen LogP contribution in [0, 0.1) is 0 Å². The normalized spacial score (nSPS) is 10.5. The average molecular weight is 322 g/mol. The molecule has 2 aromatic carbocycles. The van der Waals surface area contributed by atoms with Gasteiger partial charge in [-0.3, -0.25) is 19.0 Å². The molecule has 3 aromatic rings. The van der Waals surface area contributed by atoms with Gasteiger partial charge in [-0.2, -0.15) is 0 Å². The number of nitrogens with zero attached hydrogens (tertiary/aromatic N) is 2. The summed E-state index contributed by atoms with van der Waals surface area (Å²) in [6, 6.07) is 13.3. The Morgan fingerprint density at radius 1 is 1.08 bits per heavy atom. The van der Waals surface area contributed by atoms with E-state index in [1.54, 1.807) is 30.3 Å². The third kappa shape index (κ3) is 3.14. The summed E-state index contributed by atoms with van der Waals surface area (Å²) in [4.78, 5) is 39.3. The van der Waals surface area contributed by atoms with Crippen LogP contribution in [0.5, 0.6) is 0 Å². The second-order valence-corrected chi connectivity index (χ2v) is 5.16. The van der Waals surface area contributed by atoms with Crippen LogP contribution < -0.4 is 16.6 Å². The number of hydrogen-bond acceptors (Lipinski definition) is 4. The van der Waals surface area contributed by atoms with E-state index in [2.05, 4.69) is 10.3 Å². The first-order valence-corrected chi connectivity index (χ1v) is 7.19. The van der Waals surface area contributed by atoms with Crippen molar-refractivity contribution in [1.29, 1.82) is 0 Å². The number of primary amides is 1. The first-order chi connectivity index (χ1) is 11.5. The van der Waals surface area contributed by atoms with Gasteiger partial charge in [-0.1, -0.05) is 12.1 Å². The van der Waals surface area contributed by atoms with Crippen LogP contribution in [0.2, 0.25) is 0 Å². The molecule has 0 atom stereocenters. The van der Waals surface area contributed by atoms with Crippen LogP contribution in [0.25, 0.3) is 11.0 Å². The van der Waals surface area contributed by atoms with Crippen LogP contribution >= 0.6 is 0 Å². The molecule has 0 bridgehead atoms. The fourth-order valence-corrected chi connectivity index (χ4v) is 2.34. The Morgan fingerprint density at radius 3 is 2.50 bits per heavy atom. The predicted molar refractivity (Wildman–Crippen MR) is 89.6 cm³/mol. The monoisotopic (exact) mass is 322 g/mol. The summed E-state index contributed by atoms with van der Waals surface area (Å²) in [6.07, 6.45) is 1.19. The second-order valence-electron chi connectivity index (χ2n) is 5.16. The largest absolute Gasteiger partial charge is 0.366 e. The van der Waals surface area contributed by atoms with Crippen molar-refractivity contribution in [2.45, 2.75) is 6.54 Å². The number of rotatable bonds is 4. The number of aromatic nitrogens is 2. The lowest BCUT2D eigenvalue weighted by Gasteiger charge is -2.10. The molecule has 0 saturated carbocycles. The molecule has 2 amide bonds. The zero-order valence-corrected chi connectivity index (χ0v) is 12.6. The molecular weight excluding hydrogens is 308 g/mol. The number of hydrogen-bond donors (Lipinski definition) is 2. The van der Waals surface area contributed by atoms with E-state index in [1.807, 2.05) is 6.07 Å². The third-order valence-electron chi connectivity index (χ3n) is 3.51. The number of nitrogens with one attached hydrogen (secondary N) is 1. The third-order valence-corrected chi connectivity index (χ3v) is 3.51. The van der Waals surface area contributed by atoms with E-state index in [-0.39, 0.29) is 18.0 Å². The average Bonchev–Trinajstić information content (AvgIpc) is 2.58. The minimum Gasteiger partial charge on any atom is -0.366 e. The van der Waals surface area contributed by atoms with E-state index < -0.39 is 5.91 Å². The van der Waals surface area contributed by atoms with E-state index >= 15 is 0 Å². The summed E-state index contributed by atoms with van der Waals surface area (Å²) < 4.78 is 1.36. The Labute approximate surface area is 136 Å². The summed E-state index contributed by atoms with van der Waals surface area (Å²) in [5.74, 6) is -0.900. The highest BCUT2D eigenvalue weighted by Gasteiger charge is 2.09. The number of amides is 2. The van der Waals surface area contributed by atoms with Gasteiger partial charge in [-0.25, -0.2) is 4.98 Å². The molecule has 0 aliphatic heterocycles. The maximum atomic E-state index is 12.2. The minimum absolute atomic E-state index is 0.139. The van der Waals surface area contributed by atoms with Crippen molar-refractivity contribution in [1.82, 2.24) is 9.55 Å². The number of anilines is 1. The van der Waals surface area contributed by atoms with Gasteiger partial charge < -0.3 is 11.1 Å². The molecule has 1 heterocycles. The first kappa shape index (κ1) is 15.4. The summed E-state index contributed by atoms with van der Waals surface area (Å²) >= 11 is 0. The standard InChI is InChI=1S/C17H14N4O3/c18-17(24)11-5-7-12(8-6-11)20-15(22)10-21-14-4-2-1-3-13(14)19-9-16(21)23/h1-9H,10H2,(H2,18,24)(H,20,22). The van der Waals surface area contributed by atoms with Crippen LogP contribution in [-0.2, 0) is 11.3 Å². The van der Waals surface area contributed by atoms with Gasteiger partial charge in [0.25, 0.3) is 5.56 Å². The molecule has 7 nitrogen and oxygen atoms in total. The van der Waals surface area contributed by atoms with Gasteiger partial charge in [-0.15, -0.1) is 0 Å². The van der Waals surface area contributed by atoms with Crippen LogP contribution in [-0.4, -0.2) is 21.4 Å². The molecule has 0 fully saturated rings. The lowest BCUT2D eigenvalue weighted by atomic mass is 10.2. The predicted octanol–water partition coefficient (Wildman–Crippen LogP) is 1.13. The summed E-state index contributed by atoms with van der Waals surface area (Å²) in [7, 11) is 0. The van der Waals surface area contributed by atoms with Crippen LogP contribution in [0.1, 0.15) is 10.4 Å². The molecular formula is C17H14N4O3. The molecule has 0 unspecified atom stereocenters. The lowest BCUT2D eigenvalue weighted by molar-refractivity contribution is -0.116. The highest BCUT2D eigenvalue weighted by atomic mass is 16.2. The van der Waals surface area contributed by atoms with E-state index in [1.165, 1.54) is 22.9 Å². The fraction of sp³-hybridized carbons (Fsp3) is 0.0588. The van der Waals surface area contributed by atoms with Crippen molar-refractivity contribution in [3.8, 4) is 0 Å². The maximum absolute atomic E-state index is 12.2. The number of carbonyl (C=O) groups is 2. The molecule has 24 heavy (non-hydrogen) atoms. The van der Waals surface area contributed by atoms with E-state index in [0.717, 1.165) is 0 Å². The molecule has 0 aliphatic carbocycles. The highest BCUT2D eigenvalue weighted by molar-refractivity contribution is 5.95. The fourth-order valence-electron chi connectivity index (χ4n) is 2.34. The molecule has 0 spiro atoms. The minimum atomic E-state index is -0.539. The molecule has 3 N–H and O–H groups in total. The van der Waals surface area contributed by atoms with Crippen molar-refractivity contribution in [2.75, 3.05) is 5.32 Å². The number of para-hydroxylation sites is 2. The van der Waals surface area contributed by atoms with Gasteiger partial charge in [0.05, 0.1) is 17.2 Å². The summed E-state index contributed by atoms with van der Waals surface area (Å²) in [6.45, 7) is -0.139. The molecule has 7 heteroatoms. The molecule has 1 aromatic heterocycles.